The molecule has 7 nitrogen and oxygen atoms in total. The number of rotatable bonds is 3. The molecule has 1 saturated carbocycles. The fraction of sp³-hybridized carbons (Fsp3) is 1.00. The van der Waals surface area contributed by atoms with Crippen LogP contribution in [0, 0.1) is 11.8 Å². The molecule has 2 unspecified atom stereocenters. The smallest absolute Gasteiger partial charge is 0.390 e. The topological polar surface area (TPSA) is 127 Å². The Labute approximate surface area is 92.9 Å². The van der Waals surface area contributed by atoms with Crippen molar-refractivity contribution in [3.8, 4) is 0 Å². The molecular formula is C8H17O7P. The minimum Gasteiger partial charge on any atom is -0.390 e. The van der Waals surface area contributed by atoms with Crippen LogP contribution in [0.25, 0.3) is 0 Å². The molecule has 0 amide bonds. The van der Waals surface area contributed by atoms with Crippen LogP contribution in [0.3, 0.4) is 0 Å². The quantitative estimate of drug-likeness (QED) is 0.403. The van der Waals surface area contributed by atoms with Gasteiger partial charge in [-0.1, -0.05) is 6.92 Å². The normalized spacial score (nSPS) is 41.0. The van der Waals surface area contributed by atoms with Gasteiger partial charge < -0.3 is 25.1 Å². The maximum absolute atomic E-state index is 10.5. The Morgan fingerprint density at radius 3 is 2.25 bits per heavy atom. The molecule has 1 fully saturated rings. The zero-order valence-corrected chi connectivity index (χ0v) is 9.70. The van der Waals surface area contributed by atoms with Crippen LogP contribution >= 0.6 is 7.82 Å². The summed E-state index contributed by atoms with van der Waals surface area (Å²) in [6, 6.07) is 0. The second-order valence-electron chi connectivity index (χ2n) is 4.23. The van der Waals surface area contributed by atoms with E-state index in [0.29, 0.717) is 6.42 Å². The summed E-state index contributed by atoms with van der Waals surface area (Å²) in [4.78, 5) is 17.0. The van der Waals surface area contributed by atoms with E-state index in [1.54, 1.807) is 6.92 Å². The van der Waals surface area contributed by atoms with Crippen molar-refractivity contribution in [3.05, 3.63) is 0 Å². The Hall–Kier alpha value is -0.0100. The zero-order valence-electron chi connectivity index (χ0n) is 8.80. The Morgan fingerprint density at radius 1 is 1.19 bits per heavy atom. The van der Waals surface area contributed by atoms with E-state index in [9.17, 15) is 19.9 Å². The second kappa shape index (κ2) is 5.10. The molecule has 0 heterocycles. The number of phosphoric ester groups is 1. The molecule has 0 saturated heterocycles. The van der Waals surface area contributed by atoms with E-state index < -0.39 is 32.1 Å². The molecule has 5 atom stereocenters. The summed E-state index contributed by atoms with van der Waals surface area (Å²) in [5.74, 6) is -0.857. The Bertz CT molecular complexity index is 278. The van der Waals surface area contributed by atoms with Crippen molar-refractivity contribution in [2.45, 2.75) is 31.7 Å². The van der Waals surface area contributed by atoms with Gasteiger partial charge in [0.1, 0.15) is 6.10 Å². The van der Waals surface area contributed by atoms with Crippen LogP contribution in [0.4, 0.5) is 0 Å². The Kier molecular flexibility index (Phi) is 4.48. The van der Waals surface area contributed by atoms with Crippen LogP contribution < -0.4 is 0 Å². The maximum Gasteiger partial charge on any atom is 0.469 e. The average molecular weight is 256 g/mol. The summed E-state index contributed by atoms with van der Waals surface area (Å²) < 4.78 is 14.8. The van der Waals surface area contributed by atoms with Gasteiger partial charge in [0.2, 0.25) is 0 Å². The van der Waals surface area contributed by atoms with Crippen molar-refractivity contribution >= 4 is 7.82 Å². The molecule has 0 bridgehead atoms. The van der Waals surface area contributed by atoms with Crippen LogP contribution in [-0.2, 0) is 9.09 Å². The largest absolute Gasteiger partial charge is 0.469 e. The molecule has 1 aliphatic carbocycles. The highest BCUT2D eigenvalue weighted by atomic mass is 31.2. The number of phosphoric acid groups is 1. The number of aliphatic hydroxyl groups excluding tert-OH is 3. The molecule has 5 N–H and O–H groups in total. The predicted octanol–water partition coefficient (Wildman–Crippen LogP) is -1.17. The van der Waals surface area contributed by atoms with Gasteiger partial charge in [-0.2, -0.15) is 0 Å². The van der Waals surface area contributed by atoms with Crippen molar-refractivity contribution in [1.82, 2.24) is 0 Å². The highest BCUT2D eigenvalue weighted by Gasteiger charge is 2.41. The van der Waals surface area contributed by atoms with Crippen LogP contribution in [0.5, 0.6) is 0 Å². The fourth-order valence-electron chi connectivity index (χ4n) is 1.93. The molecule has 16 heavy (non-hydrogen) atoms. The van der Waals surface area contributed by atoms with Crippen LogP contribution in [0.15, 0.2) is 0 Å². The summed E-state index contributed by atoms with van der Waals surface area (Å²) in [7, 11) is -4.57. The van der Waals surface area contributed by atoms with Gasteiger partial charge in [-0.05, 0) is 12.3 Å². The van der Waals surface area contributed by atoms with Crippen molar-refractivity contribution < 1.29 is 34.2 Å². The first-order chi connectivity index (χ1) is 7.22. The summed E-state index contributed by atoms with van der Waals surface area (Å²) in [6.45, 7) is 1.34. The third kappa shape index (κ3) is 3.49. The highest BCUT2D eigenvalue weighted by Crippen LogP contribution is 2.39. The van der Waals surface area contributed by atoms with Gasteiger partial charge >= 0.3 is 7.82 Å². The van der Waals surface area contributed by atoms with Gasteiger partial charge in [0.05, 0.1) is 18.8 Å². The van der Waals surface area contributed by atoms with Gasteiger partial charge in [-0.25, -0.2) is 4.57 Å². The number of aliphatic hydroxyl groups is 3. The van der Waals surface area contributed by atoms with Crippen LogP contribution in [0.1, 0.15) is 13.3 Å². The van der Waals surface area contributed by atoms with Gasteiger partial charge in [0, 0.05) is 5.92 Å². The molecule has 0 aromatic rings. The van der Waals surface area contributed by atoms with Gasteiger partial charge in [0.15, 0.2) is 0 Å². The SMILES string of the molecule is C[C@@H]1CC(COP(=O)(O)O)[C@@H](O)[C@H](O)C1O. The summed E-state index contributed by atoms with van der Waals surface area (Å²) in [5, 5.41) is 28.5. The Balaban J connectivity index is 2.57. The number of hydrogen-bond donors (Lipinski definition) is 5. The lowest BCUT2D eigenvalue weighted by Gasteiger charge is -2.38. The average Bonchev–Trinajstić information content (AvgIpc) is 2.17. The number of hydrogen-bond acceptors (Lipinski definition) is 5. The maximum atomic E-state index is 10.5. The zero-order chi connectivity index (χ0) is 12.5. The first-order valence-electron chi connectivity index (χ1n) is 4.96. The lowest BCUT2D eigenvalue weighted by atomic mass is 9.77. The second-order valence-corrected chi connectivity index (χ2v) is 5.47. The summed E-state index contributed by atoms with van der Waals surface area (Å²) >= 11 is 0. The monoisotopic (exact) mass is 256 g/mol. The minimum atomic E-state index is -4.57. The van der Waals surface area contributed by atoms with E-state index in [2.05, 4.69) is 4.52 Å². The molecule has 0 spiro atoms. The lowest BCUT2D eigenvalue weighted by molar-refractivity contribution is -0.137. The van der Waals surface area contributed by atoms with Gasteiger partial charge in [0.25, 0.3) is 0 Å². The third-order valence-electron chi connectivity index (χ3n) is 2.90. The molecule has 0 radical (unpaired) electrons. The summed E-state index contributed by atoms with van der Waals surface area (Å²) in [5.41, 5.74) is 0. The molecule has 96 valence electrons. The lowest BCUT2D eigenvalue weighted by Crippen LogP contribution is -2.51. The molecular weight excluding hydrogens is 239 g/mol. The standard InChI is InChI=1S/C8H17O7P/c1-4-2-5(3-15-16(12,13)14)7(10)8(11)6(4)9/h4-11H,2-3H2,1H3,(H2,12,13,14)/t4-,5?,6?,7-,8-/m1/s1. The molecule has 0 aliphatic heterocycles. The van der Waals surface area contributed by atoms with Crippen molar-refractivity contribution in [1.29, 1.82) is 0 Å². The Morgan fingerprint density at radius 2 is 1.75 bits per heavy atom. The third-order valence-corrected chi connectivity index (χ3v) is 3.38. The minimum absolute atomic E-state index is 0.260. The van der Waals surface area contributed by atoms with E-state index in [4.69, 9.17) is 9.79 Å². The van der Waals surface area contributed by atoms with E-state index in [1.165, 1.54) is 0 Å². The van der Waals surface area contributed by atoms with Crippen molar-refractivity contribution in [3.63, 3.8) is 0 Å². The first-order valence-corrected chi connectivity index (χ1v) is 6.49. The molecule has 0 aromatic carbocycles. The van der Waals surface area contributed by atoms with E-state index >= 15 is 0 Å². The fourth-order valence-corrected chi connectivity index (χ4v) is 2.32. The molecule has 0 aromatic heterocycles. The molecule has 1 aliphatic rings. The van der Waals surface area contributed by atoms with E-state index in [1.807, 2.05) is 0 Å². The predicted molar refractivity (Wildman–Crippen MR) is 53.3 cm³/mol. The summed E-state index contributed by atoms with van der Waals surface area (Å²) in [6.07, 6.45) is -3.24. The van der Waals surface area contributed by atoms with E-state index in [-0.39, 0.29) is 12.5 Å². The van der Waals surface area contributed by atoms with Crippen molar-refractivity contribution in [2.24, 2.45) is 11.8 Å². The van der Waals surface area contributed by atoms with E-state index in [0.717, 1.165) is 0 Å². The highest BCUT2D eigenvalue weighted by molar-refractivity contribution is 7.46. The molecule has 1 rings (SSSR count). The van der Waals surface area contributed by atoms with Crippen molar-refractivity contribution in [2.75, 3.05) is 6.61 Å². The molecule has 8 heteroatoms. The van der Waals surface area contributed by atoms with Gasteiger partial charge in [-0.15, -0.1) is 0 Å². The van der Waals surface area contributed by atoms with Gasteiger partial charge in [-0.3, -0.25) is 4.52 Å². The van der Waals surface area contributed by atoms with Crippen LogP contribution in [-0.4, -0.2) is 50.0 Å². The first kappa shape index (κ1) is 14.1. The van der Waals surface area contributed by atoms with Crippen LogP contribution in [0.2, 0.25) is 0 Å².